The van der Waals surface area contributed by atoms with Crippen LogP contribution in [0.2, 0.25) is 0 Å². The second-order valence-electron chi connectivity index (χ2n) is 3.88. The van der Waals surface area contributed by atoms with Crippen molar-refractivity contribution < 1.29 is 0 Å². The summed E-state index contributed by atoms with van der Waals surface area (Å²) in [5, 5.41) is 3.53. The zero-order valence-electron chi connectivity index (χ0n) is 7.96. The maximum absolute atomic E-state index is 3.53. The van der Waals surface area contributed by atoms with Crippen LogP contribution in [-0.2, 0) is 6.54 Å². The molecule has 1 aliphatic rings. The maximum Gasteiger partial charge on any atom is 0.0448 e. The van der Waals surface area contributed by atoms with E-state index in [1.807, 2.05) is 0 Å². The third kappa shape index (κ3) is 1.16. The van der Waals surface area contributed by atoms with Crippen LogP contribution < -0.4 is 5.32 Å². The van der Waals surface area contributed by atoms with Crippen molar-refractivity contribution in [2.24, 2.45) is 0 Å². The van der Waals surface area contributed by atoms with Gasteiger partial charge in [-0.05, 0) is 32.4 Å². The number of hydrogen-bond donors (Lipinski definition) is 1. The van der Waals surface area contributed by atoms with E-state index in [0.29, 0.717) is 12.1 Å². The molecule has 0 aromatic carbocycles. The summed E-state index contributed by atoms with van der Waals surface area (Å²) < 4.78 is 2.36. The van der Waals surface area contributed by atoms with Gasteiger partial charge in [0.25, 0.3) is 0 Å². The Bertz CT molecular complexity index is 288. The van der Waals surface area contributed by atoms with Crippen molar-refractivity contribution in [1.29, 1.82) is 0 Å². The molecule has 2 heterocycles. The molecule has 66 valence electrons. The summed E-state index contributed by atoms with van der Waals surface area (Å²) >= 11 is 0. The Labute approximate surface area is 73.6 Å². The largest absolute Gasteiger partial charge is 0.348 e. The summed E-state index contributed by atoms with van der Waals surface area (Å²) in [6, 6.07) is 3.37. The molecule has 0 aliphatic carbocycles. The number of nitrogens with one attached hydrogen (secondary N) is 1. The van der Waals surface area contributed by atoms with Crippen LogP contribution in [0.1, 0.15) is 31.1 Å². The van der Waals surface area contributed by atoms with Crippen molar-refractivity contribution in [2.75, 3.05) is 0 Å². The standard InChI is InChI=1S/C10H16N2/c1-7-4-10-9(3)11-8(2)6-12(10)5-7/h4-5,8-9,11H,6H2,1-3H3/t8-,9+/m0/s1. The maximum atomic E-state index is 3.53. The van der Waals surface area contributed by atoms with E-state index in [9.17, 15) is 0 Å². The van der Waals surface area contributed by atoms with Crippen molar-refractivity contribution >= 4 is 0 Å². The number of hydrogen-bond acceptors (Lipinski definition) is 1. The van der Waals surface area contributed by atoms with Crippen LogP contribution in [0.15, 0.2) is 12.3 Å². The highest BCUT2D eigenvalue weighted by molar-refractivity contribution is 5.21. The molecular weight excluding hydrogens is 148 g/mol. The lowest BCUT2D eigenvalue weighted by Gasteiger charge is -2.28. The van der Waals surface area contributed by atoms with Crippen molar-refractivity contribution in [2.45, 2.75) is 39.4 Å². The van der Waals surface area contributed by atoms with E-state index in [0.717, 1.165) is 6.54 Å². The van der Waals surface area contributed by atoms with E-state index in [-0.39, 0.29) is 0 Å². The Morgan fingerprint density at radius 2 is 2.25 bits per heavy atom. The molecule has 0 radical (unpaired) electrons. The average Bonchev–Trinajstić information content (AvgIpc) is 2.29. The fourth-order valence-corrected chi connectivity index (χ4v) is 2.07. The van der Waals surface area contributed by atoms with Gasteiger partial charge < -0.3 is 9.88 Å². The van der Waals surface area contributed by atoms with Gasteiger partial charge in [0.1, 0.15) is 0 Å². The Kier molecular flexibility index (Phi) is 1.72. The fourth-order valence-electron chi connectivity index (χ4n) is 2.07. The molecule has 0 saturated carbocycles. The third-order valence-corrected chi connectivity index (χ3v) is 2.52. The predicted molar refractivity (Wildman–Crippen MR) is 50.2 cm³/mol. The first-order chi connectivity index (χ1) is 5.66. The van der Waals surface area contributed by atoms with Crippen molar-refractivity contribution in [3.05, 3.63) is 23.5 Å². The monoisotopic (exact) mass is 164 g/mol. The molecular formula is C10H16N2. The number of aryl methyl sites for hydroxylation is 1. The van der Waals surface area contributed by atoms with Crippen LogP contribution in [0.3, 0.4) is 0 Å². The van der Waals surface area contributed by atoms with Crippen LogP contribution in [-0.4, -0.2) is 10.6 Å². The molecule has 1 aromatic rings. The Morgan fingerprint density at radius 3 is 3.00 bits per heavy atom. The predicted octanol–water partition coefficient (Wildman–Crippen LogP) is 1.85. The highest BCUT2D eigenvalue weighted by Crippen LogP contribution is 2.21. The van der Waals surface area contributed by atoms with E-state index in [2.05, 4.69) is 42.9 Å². The zero-order valence-corrected chi connectivity index (χ0v) is 7.96. The van der Waals surface area contributed by atoms with Gasteiger partial charge in [-0.1, -0.05) is 0 Å². The van der Waals surface area contributed by atoms with Gasteiger partial charge in [-0.15, -0.1) is 0 Å². The van der Waals surface area contributed by atoms with E-state index < -0.39 is 0 Å². The molecule has 0 fully saturated rings. The number of aromatic nitrogens is 1. The van der Waals surface area contributed by atoms with Crippen molar-refractivity contribution in [3.8, 4) is 0 Å². The van der Waals surface area contributed by atoms with Crippen LogP contribution in [0, 0.1) is 6.92 Å². The summed E-state index contributed by atoms with van der Waals surface area (Å²) in [6.07, 6.45) is 2.24. The summed E-state index contributed by atoms with van der Waals surface area (Å²) in [7, 11) is 0. The topological polar surface area (TPSA) is 17.0 Å². The van der Waals surface area contributed by atoms with Gasteiger partial charge in [0.2, 0.25) is 0 Å². The third-order valence-electron chi connectivity index (χ3n) is 2.52. The van der Waals surface area contributed by atoms with Gasteiger partial charge in [0, 0.05) is 30.5 Å². The summed E-state index contributed by atoms with van der Waals surface area (Å²) in [6.45, 7) is 7.71. The second kappa shape index (κ2) is 2.63. The fraction of sp³-hybridized carbons (Fsp3) is 0.600. The molecule has 0 spiro atoms. The second-order valence-corrected chi connectivity index (χ2v) is 3.88. The lowest BCUT2D eigenvalue weighted by atomic mass is 10.1. The van der Waals surface area contributed by atoms with Crippen LogP contribution >= 0.6 is 0 Å². The normalized spacial score (nSPS) is 28.6. The first-order valence-corrected chi connectivity index (χ1v) is 4.59. The van der Waals surface area contributed by atoms with Gasteiger partial charge >= 0.3 is 0 Å². The van der Waals surface area contributed by atoms with Crippen molar-refractivity contribution in [1.82, 2.24) is 9.88 Å². The molecule has 0 unspecified atom stereocenters. The first kappa shape index (κ1) is 7.87. The van der Waals surface area contributed by atoms with Gasteiger partial charge in [0.15, 0.2) is 0 Å². The highest BCUT2D eigenvalue weighted by atomic mass is 15.1. The lowest BCUT2D eigenvalue weighted by molar-refractivity contribution is 0.366. The molecule has 12 heavy (non-hydrogen) atoms. The van der Waals surface area contributed by atoms with Crippen LogP contribution in [0.4, 0.5) is 0 Å². The molecule has 2 heteroatoms. The smallest absolute Gasteiger partial charge is 0.0448 e. The van der Waals surface area contributed by atoms with Crippen LogP contribution in [0.5, 0.6) is 0 Å². The van der Waals surface area contributed by atoms with Gasteiger partial charge in [-0.3, -0.25) is 0 Å². The number of rotatable bonds is 0. The van der Waals surface area contributed by atoms with E-state index in [1.165, 1.54) is 11.3 Å². The number of nitrogens with zero attached hydrogens (tertiary/aromatic N) is 1. The molecule has 1 N–H and O–H groups in total. The minimum atomic E-state index is 0.502. The van der Waals surface area contributed by atoms with E-state index in [4.69, 9.17) is 0 Å². The lowest BCUT2D eigenvalue weighted by Crippen LogP contribution is -2.38. The molecule has 1 aromatic heterocycles. The molecule has 1 aliphatic heterocycles. The quantitative estimate of drug-likeness (QED) is 0.619. The van der Waals surface area contributed by atoms with E-state index in [1.54, 1.807) is 0 Å². The number of fused-ring (bicyclic) bond motifs is 1. The molecule has 2 atom stereocenters. The summed E-state index contributed by atoms with van der Waals surface area (Å²) in [5.41, 5.74) is 2.79. The Hall–Kier alpha value is -0.760. The zero-order chi connectivity index (χ0) is 8.72. The van der Waals surface area contributed by atoms with Gasteiger partial charge in [-0.2, -0.15) is 0 Å². The molecule has 2 nitrogen and oxygen atoms in total. The van der Waals surface area contributed by atoms with Gasteiger partial charge in [0.05, 0.1) is 0 Å². The SMILES string of the molecule is Cc1cc2n(c1)C[C@H](C)N[C@@H]2C. The molecule has 0 saturated heterocycles. The minimum Gasteiger partial charge on any atom is -0.348 e. The van der Waals surface area contributed by atoms with Crippen LogP contribution in [0.25, 0.3) is 0 Å². The van der Waals surface area contributed by atoms with Gasteiger partial charge in [-0.25, -0.2) is 0 Å². The molecule has 2 rings (SSSR count). The Morgan fingerprint density at radius 1 is 1.50 bits per heavy atom. The molecule has 0 bridgehead atoms. The van der Waals surface area contributed by atoms with Crippen molar-refractivity contribution in [3.63, 3.8) is 0 Å². The minimum absolute atomic E-state index is 0.502. The highest BCUT2D eigenvalue weighted by Gasteiger charge is 2.19. The average molecular weight is 164 g/mol. The first-order valence-electron chi connectivity index (χ1n) is 4.59. The summed E-state index contributed by atoms with van der Waals surface area (Å²) in [5.74, 6) is 0. The summed E-state index contributed by atoms with van der Waals surface area (Å²) in [4.78, 5) is 0. The Balaban J connectivity index is 2.40. The molecule has 0 amide bonds. The van der Waals surface area contributed by atoms with E-state index >= 15 is 0 Å².